The van der Waals surface area contributed by atoms with Gasteiger partial charge in [-0.05, 0) is 34.1 Å². The normalized spacial score (nSPS) is 40.4. The van der Waals surface area contributed by atoms with Crippen molar-refractivity contribution in [3.63, 3.8) is 0 Å². The van der Waals surface area contributed by atoms with Crippen molar-refractivity contribution in [2.45, 2.75) is 63.1 Å². The number of ether oxygens (including phenoxy) is 3. The van der Waals surface area contributed by atoms with Crippen LogP contribution in [0.5, 0.6) is 0 Å². The zero-order valence-electron chi connectivity index (χ0n) is 13.7. The lowest BCUT2D eigenvalue weighted by atomic mass is 9.77. The Morgan fingerprint density at radius 3 is 1.90 bits per heavy atom. The second kappa shape index (κ2) is 5.21. The average molecular weight is 286 g/mol. The molecular weight excluding hydrogens is 256 g/mol. The van der Waals surface area contributed by atoms with Crippen LogP contribution < -0.4 is 5.73 Å². The lowest BCUT2D eigenvalue weighted by Gasteiger charge is -2.46. The van der Waals surface area contributed by atoms with E-state index in [0.29, 0.717) is 6.54 Å². The zero-order valence-corrected chi connectivity index (χ0v) is 13.7. The van der Waals surface area contributed by atoms with Gasteiger partial charge in [-0.2, -0.15) is 0 Å². The molecule has 2 fully saturated rings. The molecule has 0 aliphatic carbocycles. The van der Waals surface area contributed by atoms with Crippen LogP contribution in [0.4, 0.5) is 0 Å². The molecule has 0 amide bonds. The molecule has 2 aliphatic rings. The Morgan fingerprint density at radius 1 is 1.10 bits per heavy atom. The number of rotatable bonds is 4. The molecule has 3 atom stereocenters. The summed E-state index contributed by atoms with van der Waals surface area (Å²) >= 11 is 0. The summed E-state index contributed by atoms with van der Waals surface area (Å²) in [5.41, 5.74) is 5.61. The fourth-order valence-electron chi connectivity index (χ4n) is 4.22. The first-order valence-corrected chi connectivity index (χ1v) is 7.42. The molecule has 2 aliphatic heterocycles. The summed E-state index contributed by atoms with van der Waals surface area (Å²) < 4.78 is 17.4. The first kappa shape index (κ1) is 16.2. The second-order valence-electron chi connectivity index (χ2n) is 7.24. The third kappa shape index (κ3) is 2.40. The van der Waals surface area contributed by atoms with E-state index in [9.17, 15) is 0 Å². The summed E-state index contributed by atoms with van der Waals surface area (Å²) in [6, 6.07) is 0. The Balaban J connectivity index is 2.29. The van der Waals surface area contributed by atoms with E-state index in [1.54, 1.807) is 14.2 Å². The minimum atomic E-state index is -0.286. The van der Waals surface area contributed by atoms with Gasteiger partial charge in [-0.3, -0.25) is 4.90 Å². The molecule has 20 heavy (non-hydrogen) atoms. The topological polar surface area (TPSA) is 57.0 Å². The second-order valence-corrected chi connectivity index (χ2v) is 7.24. The lowest BCUT2D eigenvalue weighted by molar-refractivity contribution is -0.102. The Hall–Kier alpha value is -0.200. The molecular formula is C15H30N2O3. The predicted octanol–water partition coefficient (Wildman–Crippen LogP) is 1.01. The van der Waals surface area contributed by atoms with Gasteiger partial charge in [-0.15, -0.1) is 0 Å². The highest BCUT2D eigenvalue weighted by atomic mass is 16.5. The number of hydrogen-bond acceptors (Lipinski definition) is 5. The molecule has 0 aromatic heterocycles. The van der Waals surface area contributed by atoms with Crippen LogP contribution in [-0.2, 0) is 14.2 Å². The third-order valence-electron chi connectivity index (χ3n) is 5.13. The van der Waals surface area contributed by atoms with Crippen LogP contribution in [-0.4, -0.2) is 67.7 Å². The molecule has 0 aromatic rings. The quantitative estimate of drug-likeness (QED) is 0.836. The Labute approximate surface area is 122 Å². The van der Waals surface area contributed by atoms with Gasteiger partial charge in [0.25, 0.3) is 0 Å². The number of hydrogen-bond donors (Lipinski definition) is 1. The first-order valence-electron chi connectivity index (χ1n) is 7.42. The molecule has 2 heterocycles. The van der Waals surface area contributed by atoms with Gasteiger partial charge in [-0.25, -0.2) is 0 Å². The van der Waals surface area contributed by atoms with E-state index in [0.717, 1.165) is 19.5 Å². The van der Waals surface area contributed by atoms with Crippen LogP contribution in [0.15, 0.2) is 0 Å². The van der Waals surface area contributed by atoms with Crippen molar-refractivity contribution in [1.29, 1.82) is 0 Å². The molecule has 0 spiro atoms. The van der Waals surface area contributed by atoms with Gasteiger partial charge in [-0.1, -0.05) is 0 Å². The van der Waals surface area contributed by atoms with E-state index in [4.69, 9.17) is 19.9 Å². The van der Waals surface area contributed by atoms with Crippen LogP contribution in [0.1, 0.15) is 34.1 Å². The van der Waals surface area contributed by atoms with E-state index >= 15 is 0 Å². The van der Waals surface area contributed by atoms with E-state index in [1.165, 1.54) is 0 Å². The Bertz CT molecular complexity index is 347. The molecule has 2 rings (SSSR count). The van der Waals surface area contributed by atoms with E-state index < -0.39 is 0 Å². The monoisotopic (exact) mass is 286 g/mol. The van der Waals surface area contributed by atoms with Gasteiger partial charge < -0.3 is 19.9 Å². The Morgan fingerprint density at radius 2 is 1.60 bits per heavy atom. The minimum absolute atomic E-state index is 0.0999. The van der Waals surface area contributed by atoms with Crippen molar-refractivity contribution >= 4 is 0 Å². The molecule has 2 saturated heterocycles. The molecule has 5 heteroatoms. The van der Waals surface area contributed by atoms with Crippen molar-refractivity contribution in [2.75, 3.05) is 33.9 Å². The largest absolute Gasteiger partial charge is 0.377 e. The van der Waals surface area contributed by atoms with Gasteiger partial charge in [0.1, 0.15) is 0 Å². The van der Waals surface area contributed by atoms with Gasteiger partial charge in [0.2, 0.25) is 0 Å². The molecule has 2 N–H and O–H groups in total. The smallest absolute Gasteiger partial charge is 0.0972 e. The summed E-state index contributed by atoms with van der Waals surface area (Å²) in [6.45, 7) is 10.8. The van der Waals surface area contributed by atoms with Crippen LogP contribution in [0.2, 0.25) is 0 Å². The number of methoxy groups -OCH3 is 2. The SMILES string of the molecule is COC1CN(C2(CN)CC(C)(C)OC2(C)C)CC1OC. The third-order valence-corrected chi connectivity index (χ3v) is 5.13. The van der Waals surface area contributed by atoms with Crippen molar-refractivity contribution in [1.82, 2.24) is 4.90 Å². The molecule has 0 aromatic carbocycles. The fourth-order valence-corrected chi connectivity index (χ4v) is 4.22. The van der Waals surface area contributed by atoms with Gasteiger partial charge in [0.15, 0.2) is 0 Å². The summed E-state index contributed by atoms with van der Waals surface area (Å²) in [6.07, 6.45) is 1.13. The fraction of sp³-hybridized carbons (Fsp3) is 1.00. The van der Waals surface area contributed by atoms with E-state index in [2.05, 4.69) is 32.6 Å². The maximum atomic E-state index is 6.29. The minimum Gasteiger partial charge on any atom is -0.377 e. The van der Waals surface area contributed by atoms with E-state index in [-0.39, 0.29) is 28.9 Å². The van der Waals surface area contributed by atoms with E-state index in [1.807, 2.05) is 0 Å². The maximum absolute atomic E-state index is 6.29. The summed E-state index contributed by atoms with van der Waals surface area (Å²) in [5, 5.41) is 0. The van der Waals surface area contributed by atoms with Gasteiger partial charge in [0, 0.05) is 33.9 Å². The molecule has 0 radical (unpaired) electrons. The summed E-state index contributed by atoms with van der Waals surface area (Å²) in [4.78, 5) is 2.42. The number of nitrogens with two attached hydrogens (primary N) is 1. The van der Waals surface area contributed by atoms with Gasteiger partial charge in [0.05, 0.1) is 28.9 Å². The van der Waals surface area contributed by atoms with Crippen LogP contribution >= 0.6 is 0 Å². The predicted molar refractivity (Wildman–Crippen MR) is 78.8 cm³/mol. The summed E-state index contributed by atoms with van der Waals surface area (Å²) in [5.74, 6) is 0. The highest BCUT2D eigenvalue weighted by Crippen LogP contribution is 2.49. The highest BCUT2D eigenvalue weighted by Gasteiger charge is 2.61. The molecule has 118 valence electrons. The zero-order chi connectivity index (χ0) is 15.2. The van der Waals surface area contributed by atoms with Gasteiger partial charge >= 0.3 is 0 Å². The molecule has 5 nitrogen and oxygen atoms in total. The van der Waals surface area contributed by atoms with Crippen LogP contribution in [0.25, 0.3) is 0 Å². The van der Waals surface area contributed by atoms with Crippen molar-refractivity contribution in [3.05, 3.63) is 0 Å². The maximum Gasteiger partial charge on any atom is 0.0972 e. The van der Waals surface area contributed by atoms with Crippen LogP contribution in [0, 0.1) is 0 Å². The highest BCUT2D eigenvalue weighted by molar-refractivity contribution is 5.15. The first-order chi connectivity index (χ1) is 9.21. The molecule has 0 saturated carbocycles. The average Bonchev–Trinajstić information content (AvgIpc) is 2.84. The van der Waals surface area contributed by atoms with Crippen molar-refractivity contribution in [3.8, 4) is 0 Å². The number of nitrogens with zero attached hydrogens (tertiary/aromatic N) is 1. The Kier molecular flexibility index (Phi) is 4.22. The molecule has 3 unspecified atom stereocenters. The lowest BCUT2D eigenvalue weighted by Crippen LogP contribution is -2.63. The standard InChI is InChI=1S/C15H30N2O3/c1-13(2)9-15(10-16,14(3,4)20-13)17-7-11(18-5)12(8-17)19-6/h11-12H,7-10,16H2,1-6H3. The summed E-state index contributed by atoms with van der Waals surface area (Å²) in [7, 11) is 3.49. The number of likely N-dealkylation sites (tertiary alicyclic amines) is 1. The molecule has 0 bridgehead atoms. The van der Waals surface area contributed by atoms with Crippen molar-refractivity contribution in [2.24, 2.45) is 5.73 Å². The van der Waals surface area contributed by atoms with Crippen molar-refractivity contribution < 1.29 is 14.2 Å². The van der Waals surface area contributed by atoms with Crippen LogP contribution in [0.3, 0.4) is 0 Å².